The maximum absolute atomic E-state index is 9.78. The molecule has 0 amide bonds. The first-order valence-corrected chi connectivity index (χ1v) is 10.8. The first-order chi connectivity index (χ1) is 14.5. The molecule has 30 heavy (non-hydrogen) atoms. The van der Waals surface area contributed by atoms with Gasteiger partial charge >= 0.3 is 0 Å². The van der Waals surface area contributed by atoms with Crippen LogP contribution in [0.2, 0.25) is 0 Å². The number of nitrogen functional groups attached to an aromatic ring is 1. The summed E-state index contributed by atoms with van der Waals surface area (Å²) in [6.45, 7) is 12.0. The fourth-order valence-corrected chi connectivity index (χ4v) is 4.71. The van der Waals surface area contributed by atoms with Gasteiger partial charge in [0.05, 0.1) is 22.6 Å². The van der Waals surface area contributed by atoms with E-state index in [4.69, 9.17) is 5.73 Å². The standard InChI is InChI=1S/C24H32N6/c1-18-4-6-23(21(26)16-18)29-12-14-30(15-13-29)24-19(2)22(7-5-20(24)17-25)28-10-8-27(3)9-11-28/h4-7,16H,8-15,26H2,1-3H3. The van der Waals surface area contributed by atoms with Crippen molar-refractivity contribution in [1.82, 2.24) is 4.90 Å². The van der Waals surface area contributed by atoms with Crippen molar-refractivity contribution in [2.24, 2.45) is 0 Å². The van der Waals surface area contributed by atoms with Crippen LogP contribution in [-0.4, -0.2) is 64.3 Å². The minimum Gasteiger partial charge on any atom is -0.397 e. The first-order valence-electron chi connectivity index (χ1n) is 10.8. The molecule has 2 fully saturated rings. The van der Waals surface area contributed by atoms with Crippen LogP contribution in [0, 0.1) is 25.2 Å². The number of nitrogens with zero attached hydrogens (tertiary/aromatic N) is 5. The third-order valence-electron chi connectivity index (χ3n) is 6.49. The van der Waals surface area contributed by atoms with Gasteiger partial charge in [-0.3, -0.25) is 0 Å². The third-order valence-corrected chi connectivity index (χ3v) is 6.49. The molecule has 158 valence electrons. The predicted molar refractivity (Wildman–Crippen MR) is 126 cm³/mol. The number of nitriles is 1. The molecule has 0 unspecified atom stereocenters. The molecule has 2 aromatic carbocycles. The molecule has 4 rings (SSSR count). The Morgan fingerprint density at radius 2 is 1.37 bits per heavy atom. The van der Waals surface area contributed by atoms with Gasteiger partial charge in [-0.15, -0.1) is 0 Å². The summed E-state index contributed by atoms with van der Waals surface area (Å²) >= 11 is 0. The van der Waals surface area contributed by atoms with Crippen molar-refractivity contribution >= 4 is 22.7 Å². The molecule has 0 bridgehead atoms. The lowest BCUT2D eigenvalue weighted by Gasteiger charge is -2.40. The summed E-state index contributed by atoms with van der Waals surface area (Å²) in [5.74, 6) is 0. The first kappa shape index (κ1) is 20.4. The van der Waals surface area contributed by atoms with Gasteiger partial charge in [-0.2, -0.15) is 5.26 Å². The quantitative estimate of drug-likeness (QED) is 0.794. The van der Waals surface area contributed by atoms with Gasteiger partial charge < -0.3 is 25.3 Å². The second kappa shape index (κ2) is 8.45. The van der Waals surface area contributed by atoms with Gasteiger partial charge in [0, 0.05) is 58.0 Å². The summed E-state index contributed by atoms with van der Waals surface area (Å²) in [4.78, 5) is 9.57. The highest BCUT2D eigenvalue weighted by Gasteiger charge is 2.25. The summed E-state index contributed by atoms with van der Waals surface area (Å²) < 4.78 is 0. The van der Waals surface area contributed by atoms with Crippen molar-refractivity contribution in [3.05, 3.63) is 47.0 Å². The molecule has 0 saturated carbocycles. The molecule has 2 saturated heterocycles. The number of hydrogen-bond donors (Lipinski definition) is 1. The normalized spacial score (nSPS) is 17.9. The predicted octanol–water partition coefficient (Wildman–Crippen LogP) is 2.84. The van der Waals surface area contributed by atoms with Crippen LogP contribution in [0.25, 0.3) is 0 Å². The Balaban J connectivity index is 1.55. The third kappa shape index (κ3) is 3.90. The van der Waals surface area contributed by atoms with Gasteiger partial charge in [-0.05, 0) is 56.3 Å². The Kier molecular flexibility index (Phi) is 5.74. The monoisotopic (exact) mass is 404 g/mol. The van der Waals surface area contributed by atoms with E-state index < -0.39 is 0 Å². The van der Waals surface area contributed by atoms with Crippen LogP contribution >= 0.6 is 0 Å². The Hall–Kier alpha value is -2.91. The largest absolute Gasteiger partial charge is 0.397 e. The smallest absolute Gasteiger partial charge is 0.101 e. The maximum atomic E-state index is 9.78. The van der Waals surface area contributed by atoms with Crippen molar-refractivity contribution < 1.29 is 0 Å². The van der Waals surface area contributed by atoms with Crippen molar-refractivity contribution in [2.45, 2.75) is 13.8 Å². The number of likely N-dealkylation sites (N-methyl/N-ethyl adjacent to an activating group) is 1. The van der Waals surface area contributed by atoms with Crippen LogP contribution in [-0.2, 0) is 0 Å². The molecule has 0 spiro atoms. The second-order valence-electron chi connectivity index (χ2n) is 8.54. The lowest BCUT2D eigenvalue weighted by atomic mass is 10.0. The van der Waals surface area contributed by atoms with Gasteiger partial charge in [-0.25, -0.2) is 0 Å². The number of anilines is 4. The topological polar surface area (TPSA) is 62.8 Å². The molecular weight excluding hydrogens is 372 g/mol. The highest BCUT2D eigenvalue weighted by atomic mass is 15.3. The number of piperazine rings is 2. The highest BCUT2D eigenvalue weighted by molar-refractivity contribution is 5.75. The van der Waals surface area contributed by atoms with E-state index in [1.165, 1.54) is 16.8 Å². The molecule has 0 radical (unpaired) electrons. The van der Waals surface area contributed by atoms with Gasteiger partial charge in [0.1, 0.15) is 6.07 Å². The summed E-state index contributed by atoms with van der Waals surface area (Å²) in [5, 5.41) is 9.78. The molecule has 6 heteroatoms. The number of benzene rings is 2. The summed E-state index contributed by atoms with van der Waals surface area (Å²) in [5.41, 5.74) is 13.8. The minimum atomic E-state index is 0.772. The molecule has 2 aliphatic heterocycles. The average molecular weight is 405 g/mol. The number of hydrogen-bond acceptors (Lipinski definition) is 6. The molecular formula is C24H32N6. The number of rotatable bonds is 3. The lowest BCUT2D eigenvalue weighted by Crippen LogP contribution is -2.47. The summed E-state index contributed by atoms with van der Waals surface area (Å²) in [6.07, 6.45) is 0. The molecule has 2 aliphatic rings. The van der Waals surface area contributed by atoms with E-state index in [2.05, 4.69) is 64.8 Å². The van der Waals surface area contributed by atoms with Crippen molar-refractivity contribution in [3.8, 4) is 6.07 Å². The molecule has 2 N–H and O–H groups in total. The molecule has 2 heterocycles. The number of aryl methyl sites for hydroxylation is 1. The van der Waals surface area contributed by atoms with E-state index >= 15 is 0 Å². The van der Waals surface area contributed by atoms with Crippen molar-refractivity contribution in [3.63, 3.8) is 0 Å². The summed E-state index contributed by atoms with van der Waals surface area (Å²) in [7, 11) is 2.18. The van der Waals surface area contributed by atoms with Gasteiger partial charge in [0.2, 0.25) is 0 Å². The fourth-order valence-electron chi connectivity index (χ4n) is 4.71. The van der Waals surface area contributed by atoms with E-state index in [-0.39, 0.29) is 0 Å². The zero-order chi connectivity index (χ0) is 21.3. The van der Waals surface area contributed by atoms with Gasteiger partial charge in [0.25, 0.3) is 0 Å². The minimum absolute atomic E-state index is 0.772. The van der Waals surface area contributed by atoms with Crippen LogP contribution in [0.1, 0.15) is 16.7 Å². The fraction of sp³-hybridized carbons (Fsp3) is 0.458. The molecule has 0 atom stereocenters. The lowest BCUT2D eigenvalue weighted by molar-refractivity contribution is 0.312. The summed E-state index contributed by atoms with van der Waals surface area (Å²) in [6, 6.07) is 12.8. The van der Waals surface area contributed by atoms with Crippen LogP contribution < -0.4 is 20.4 Å². The van der Waals surface area contributed by atoms with Crippen molar-refractivity contribution in [1.29, 1.82) is 5.26 Å². The van der Waals surface area contributed by atoms with Gasteiger partial charge in [-0.1, -0.05) is 6.07 Å². The highest BCUT2D eigenvalue weighted by Crippen LogP contribution is 2.35. The van der Waals surface area contributed by atoms with Gasteiger partial charge in [0.15, 0.2) is 0 Å². The van der Waals surface area contributed by atoms with E-state index in [1.54, 1.807) is 0 Å². The van der Waals surface area contributed by atoms with E-state index in [0.717, 1.165) is 75.0 Å². The average Bonchev–Trinajstić information content (AvgIpc) is 2.74. The van der Waals surface area contributed by atoms with E-state index in [9.17, 15) is 5.26 Å². The van der Waals surface area contributed by atoms with Crippen LogP contribution in [0.3, 0.4) is 0 Å². The van der Waals surface area contributed by atoms with E-state index in [1.807, 2.05) is 12.1 Å². The van der Waals surface area contributed by atoms with Crippen LogP contribution in [0.4, 0.5) is 22.7 Å². The molecule has 0 aliphatic carbocycles. The Morgan fingerprint density at radius 1 is 0.800 bits per heavy atom. The van der Waals surface area contributed by atoms with Crippen molar-refractivity contribution in [2.75, 3.05) is 79.8 Å². The zero-order valence-electron chi connectivity index (χ0n) is 18.4. The van der Waals surface area contributed by atoms with Crippen LogP contribution in [0.5, 0.6) is 0 Å². The Morgan fingerprint density at radius 3 is 2.00 bits per heavy atom. The van der Waals surface area contributed by atoms with Crippen LogP contribution in [0.15, 0.2) is 30.3 Å². The molecule has 2 aromatic rings. The Labute approximate surface area is 180 Å². The number of nitrogens with two attached hydrogens (primary N) is 1. The SMILES string of the molecule is Cc1ccc(N2CCN(c3c(C#N)ccc(N4CCN(C)CC4)c3C)CC2)c(N)c1. The maximum Gasteiger partial charge on any atom is 0.101 e. The van der Waals surface area contributed by atoms with E-state index in [0.29, 0.717) is 0 Å². The molecule has 0 aromatic heterocycles. The second-order valence-corrected chi connectivity index (χ2v) is 8.54. The zero-order valence-corrected chi connectivity index (χ0v) is 18.4. The molecule has 6 nitrogen and oxygen atoms in total. The Bertz CT molecular complexity index is 947.